The molecule has 4 heterocycles. The Kier molecular flexibility index (Phi) is 3.45. The second kappa shape index (κ2) is 5.62. The second-order valence-electron chi connectivity index (χ2n) is 5.61. The number of thiazole rings is 1. The van der Waals surface area contributed by atoms with E-state index >= 15 is 0 Å². The van der Waals surface area contributed by atoms with Crippen molar-refractivity contribution in [1.29, 1.82) is 0 Å². The number of carbonyl (C=O) groups excluding carboxylic acids is 1. The number of hydrogen-bond donors (Lipinski definition) is 1. The Morgan fingerprint density at radius 1 is 1.35 bits per heavy atom. The fourth-order valence-electron chi connectivity index (χ4n) is 3.01. The number of rotatable bonds is 2. The van der Waals surface area contributed by atoms with E-state index in [1.54, 1.807) is 30.0 Å². The summed E-state index contributed by atoms with van der Waals surface area (Å²) in [7, 11) is 0. The van der Waals surface area contributed by atoms with E-state index in [1.165, 1.54) is 15.9 Å². The SMILES string of the molecule is O=C(c1cncs1)N1CCC(c2cc(=O)n3[nH]ccc3n2)CC1. The molecule has 1 saturated heterocycles. The first-order valence-corrected chi connectivity index (χ1v) is 8.35. The molecule has 8 heteroatoms. The van der Waals surface area contributed by atoms with Crippen LogP contribution in [0, 0.1) is 0 Å². The number of fused-ring (bicyclic) bond motifs is 1. The summed E-state index contributed by atoms with van der Waals surface area (Å²) >= 11 is 1.36. The Balaban J connectivity index is 1.50. The lowest BCUT2D eigenvalue weighted by atomic mass is 9.93. The molecule has 7 nitrogen and oxygen atoms in total. The van der Waals surface area contributed by atoms with Gasteiger partial charge in [-0.25, -0.2) is 9.50 Å². The molecule has 3 aromatic heterocycles. The van der Waals surface area contributed by atoms with Crippen LogP contribution < -0.4 is 5.56 Å². The van der Waals surface area contributed by atoms with Crippen LogP contribution in [0.25, 0.3) is 5.65 Å². The number of H-pyrrole nitrogens is 1. The average Bonchev–Trinajstić information content (AvgIpc) is 3.26. The minimum absolute atomic E-state index is 0.0417. The predicted octanol–water partition coefficient (Wildman–Crippen LogP) is 1.50. The summed E-state index contributed by atoms with van der Waals surface area (Å²) < 4.78 is 1.42. The van der Waals surface area contributed by atoms with Crippen molar-refractivity contribution in [2.75, 3.05) is 13.1 Å². The number of carbonyl (C=O) groups is 1. The third-order valence-electron chi connectivity index (χ3n) is 4.24. The number of hydrogen-bond acceptors (Lipinski definition) is 5. The second-order valence-corrected chi connectivity index (χ2v) is 6.49. The van der Waals surface area contributed by atoms with Gasteiger partial charge in [0.25, 0.3) is 11.5 Å². The van der Waals surface area contributed by atoms with E-state index in [9.17, 15) is 9.59 Å². The molecule has 1 aliphatic rings. The number of likely N-dealkylation sites (tertiary alicyclic amines) is 1. The summed E-state index contributed by atoms with van der Waals surface area (Å²) in [6.07, 6.45) is 4.94. The third kappa shape index (κ3) is 2.55. The lowest BCUT2D eigenvalue weighted by molar-refractivity contribution is 0.0716. The van der Waals surface area contributed by atoms with E-state index in [0.717, 1.165) is 18.5 Å². The van der Waals surface area contributed by atoms with Crippen molar-refractivity contribution in [1.82, 2.24) is 24.5 Å². The van der Waals surface area contributed by atoms with Crippen molar-refractivity contribution in [2.45, 2.75) is 18.8 Å². The zero-order chi connectivity index (χ0) is 15.8. The normalized spacial score (nSPS) is 16.1. The first-order valence-electron chi connectivity index (χ1n) is 7.47. The fourth-order valence-corrected chi connectivity index (χ4v) is 3.60. The molecule has 4 rings (SSSR count). The molecule has 0 bridgehead atoms. The van der Waals surface area contributed by atoms with Gasteiger partial charge in [-0.1, -0.05) is 0 Å². The van der Waals surface area contributed by atoms with Crippen molar-refractivity contribution >= 4 is 22.9 Å². The molecule has 0 atom stereocenters. The molecule has 0 aromatic carbocycles. The van der Waals surface area contributed by atoms with Gasteiger partial charge in [-0.2, -0.15) is 0 Å². The molecule has 1 N–H and O–H groups in total. The van der Waals surface area contributed by atoms with Crippen molar-refractivity contribution in [3.8, 4) is 0 Å². The Hall–Kier alpha value is -2.48. The van der Waals surface area contributed by atoms with E-state index < -0.39 is 0 Å². The number of piperidine rings is 1. The van der Waals surface area contributed by atoms with Crippen LogP contribution in [0.1, 0.15) is 34.1 Å². The summed E-state index contributed by atoms with van der Waals surface area (Å²) in [6, 6.07) is 3.38. The molecule has 23 heavy (non-hydrogen) atoms. The lowest BCUT2D eigenvalue weighted by Gasteiger charge is -2.31. The van der Waals surface area contributed by atoms with E-state index in [2.05, 4.69) is 15.1 Å². The number of nitrogens with zero attached hydrogens (tertiary/aromatic N) is 4. The number of aromatic amines is 1. The molecule has 3 aromatic rings. The zero-order valence-electron chi connectivity index (χ0n) is 12.3. The molecule has 0 saturated carbocycles. The van der Waals surface area contributed by atoms with Crippen LogP contribution >= 0.6 is 11.3 Å². The van der Waals surface area contributed by atoms with Crippen molar-refractivity contribution < 1.29 is 4.79 Å². The van der Waals surface area contributed by atoms with Gasteiger partial charge in [-0.05, 0) is 12.8 Å². The lowest BCUT2D eigenvalue weighted by Crippen LogP contribution is -2.38. The van der Waals surface area contributed by atoms with E-state index in [0.29, 0.717) is 23.6 Å². The van der Waals surface area contributed by atoms with E-state index in [4.69, 9.17) is 0 Å². The highest BCUT2D eigenvalue weighted by Crippen LogP contribution is 2.27. The Morgan fingerprint density at radius 2 is 2.17 bits per heavy atom. The smallest absolute Gasteiger partial charge is 0.272 e. The summed E-state index contributed by atoms with van der Waals surface area (Å²) in [5, 5.41) is 2.84. The topological polar surface area (TPSA) is 83.4 Å². The molecular formula is C15H15N5O2S. The highest BCUT2D eigenvalue weighted by molar-refractivity contribution is 7.11. The minimum Gasteiger partial charge on any atom is -0.338 e. The van der Waals surface area contributed by atoms with Crippen LogP contribution in [0.3, 0.4) is 0 Å². The van der Waals surface area contributed by atoms with Gasteiger partial charge < -0.3 is 4.90 Å². The van der Waals surface area contributed by atoms with Crippen LogP contribution in [0.4, 0.5) is 0 Å². The van der Waals surface area contributed by atoms with Crippen molar-refractivity contribution in [3.63, 3.8) is 0 Å². The number of aromatic nitrogens is 4. The maximum atomic E-state index is 12.3. The van der Waals surface area contributed by atoms with Crippen LogP contribution in [0.15, 0.2) is 34.8 Å². The Bertz CT molecular complexity index is 890. The van der Waals surface area contributed by atoms with Gasteiger partial charge in [0.1, 0.15) is 4.88 Å². The quantitative estimate of drug-likeness (QED) is 0.772. The first-order chi connectivity index (χ1) is 11.2. The maximum absolute atomic E-state index is 12.3. The first kappa shape index (κ1) is 14.1. The molecular weight excluding hydrogens is 314 g/mol. The highest BCUT2D eigenvalue weighted by atomic mass is 32.1. The van der Waals surface area contributed by atoms with Gasteiger partial charge >= 0.3 is 0 Å². The summed E-state index contributed by atoms with van der Waals surface area (Å²) in [4.78, 5) is 35.4. The number of amides is 1. The molecule has 1 aliphatic heterocycles. The van der Waals surface area contributed by atoms with Gasteiger partial charge in [-0.15, -0.1) is 11.3 Å². The molecule has 0 aliphatic carbocycles. The highest BCUT2D eigenvalue weighted by Gasteiger charge is 2.26. The van der Waals surface area contributed by atoms with Gasteiger partial charge in [0.05, 0.1) is 17.4 Å². The summed E-state index contributed by atoms with van der Waals surface area (Å²) in [5.41, 5.74) is 3.03. The zero-order valence-corrected chi connectivity index (χ0v) is 13.1. The summed E-state index contributed by atoms with van der Waals surface area (Å²) in [5.74, 6) is 0.258. The van der Waals surface area contributed by atoms with Gasteiger partial charge in [0, 0.05) is 37.3 Å². The van der Waals surface area contributed by atoms with Crippen LogP contribution in [0.5, 0.6) is 0 Å². The number of nitrogens with one attached hydrogen (secondary N) is 1. The van der Waals surface area contributed by atoms with Gasteiger partial charge in [0.15, 0.2) is 5.65 Å². The van der Waals surface area contributed by atoms with Crippen molar-refractivity contribution in [3.05, 3.63) is 51.0 Å². The monoisotopic (exact) mass is 329 g/mol. The van der Waals surface area contributed by atoms with Crippen LogP contribution in [0.2, 0.25) is 0 Å². The van der Waals surface area contributed by atoms with E-state index in [1.807, 2.05) is 4.90 Å². The fraction of sp³-hybridized carbons (Fsp3) is 0.333. The Morgan fingerprint density at radius 3 is 2.91 bits per heavy atom. The Labute approximate surface area is 135 Å². The molecule has 1 amide bonds. The van der Waals surface area contributed by atoms with Crippen molar-refractivity contribution in [2.24, 2.45) is 0 Å². The minimum atomic E-state index is -0.0989. The maximum Gasteiger partial charge on any atom is 0.272 e. The van der Waals surface area contributed by atoms with Gasteiger partial charge in [0.2, 0.25) is 0 Å². The molecule has 0 spiro atoms. The predicted molar refractivity (Wildman–Crippen MR) is 85.8 cm³/mol. The van der Waals surface area contributed by atoms with Gasteiger partial charge in [-0.3, -0.25) is 19.7 Å². The summed E-state index contributed by atoms with van der Waals surface area (Å²) in [6.45, 7) is 1.35. The molecule has 1 fully saturated rings. The molecule has 0 radical (unpaired) electrons. The van der Waals surface area contributed by atoms with E-state index in [-0.39, 0.29) is 17.4 Å². The molecule has 118 valence electrons. The molecule has 0 unspecified atom stereocenters. The standard InChI is InChI=1S/C15H15N5O2S/c21-14-7-11(18-13-1-4-17-20(13)14)10-2-5-19(6-3-10)15(22)12-8-16-9-23-12/h1,4,7-10,17H,2-3,5-6H2. The van der Waals surface area contributed by atoms with Crippen LogP contribution in [-0.2, 0) is 0 Å². The van der Waals surface area contributed by atoms with Crippen LogP contribution in [-0.4, -0.2) is 43.5 Å². The largest absolute Gasteiger partial charge is 0.338 e. The average molecular weight is 329 g/mol. The third-order valence-corrected chi connectivity index (χ3v) is 5.01.